The molecule has 0 aromatic heterocycles. The Balaban J connectivity index is 1.92. The number of carbonyl (C=O) groups is 1. The molecule has 3 heteroatoms. The molecule has 102 valence electrons. The lowest BCUT2D eigenvalue weighted by atomic mass is 9.96. The van der Waals surface area contributed by atoms with Crippen LogP contribution in [0.3, 0.4) is 0 Å². The number of urea groups is 1. The van der Waals surface area contributed by atoms with E-state index in [9.17, 15) is 4.79 Å². The van der Waals surface area contributed by atoms with Crippen LogP contribution in [-0.2, 0) is 12.8 Å². The first-order valence-corrected chi connectivity index (χ1v) is 7.01. The first-order chi connectivity index (χ1) is 9.72. The van der Waals surface area contributed by atoms with Crippen LogP contribution >= 0.6 is 0 Å². The van der Waals surface area contributed by atoms with E-state index in [2.05, 4.69) is 23.5 Å². The standard InChI is InChI=1S/C17H18N2O/c18-17(20)19-15-8-6-13(7-9-15)16-10-5-12-3-1-2-4-14(16)11-12/h5-11H,1-4H2,(H3,18,19,20). The number of nitrogens with one attached hydrogen (secondary N) is 1. The molecule has 0 saturated carbocycles. The van der Waals surface area contributed by atoms with Crippen LogP contribution in [0.25, 0.3) is 11.1 Å². The third-order valence-electron chi connectivity index (χ3n) is 3.79. The van der Waals surface area contributed by atoms with Crippen LogP contribution in [0, 0.1) is 0 Å². The van der Waals surface area contributed by atoms with Crippen LogP contribution in [-0.4, -0.2) is 6.03 Å². The number of hydrogen-bond acceptors (Lipinski definition) is 1. The second-order valence-electron chi connectivity index (χ2n) is 5.27. The Morgan fingerprint density at radius 1 is 1.00 bits per heavy atom. The van der Waals surface area contributed by atoms with E-state index in [0.29, 0.717) is 0 Å². The predicted octanol–water partition coefficient (Wildman–Crippen LogP) is 3.72. The summed E-state index contributed by atoms with van der Waals surface area (Å²) in [5.41, 5.74) is 11.2. The van der Waals surface area contributed by atoms with Crippen molar-refractivity contribution in [1.82, 2.24) is 0 Å². The Kier molecular flexibility index (Phi) is 3.42. The quantitative estimate of drug-likeness (QED) is 0.855. The summed E-state index contributed by atoms with van der Waals surface area (Å²) in [6.07, 6.45) is 4.86. The lowest BCUT2D eigenvalue weighted by Crippen LogP contribution is -2.19. The van der Waals surface area contributed by atoms with Crippen LogP contribution in [0.4, 0.5) is 10.5 Å². The highest BCUT2D eigenvalue weighted by Crippen LogP contribution is 2.29. The number of fused-ring (bicyclic) bond motifs is 2. The van der Waals surface area contributed by atoms with E-state index in [0.717, 1.165) is 12.1 Å². The predicted molar refractivity (Wildman–Crippen MR) is 81.7 cm³/mol. The van der Waals surface area contributed by atoms with E-state index in [1.54, 1.807) is 0 Å². The van der Waals surface area contributed by atoms with Crippen LogP contribution in [0.5, 0.6) is 0 Å². The Labute approximate surface area is 118 Å². The fraction of sp³-hybridized carbons (Fsp3) is 0.235. The van der Waals surface area contributed by atoms with Gasteiger partial charge in [0, 0.05) is 5.69 Å². The van der Waals surface area contributed by atoms with Crippen LogP contribution < -0.4 is 11.1 Å². The third-order valence-corrected chi connectivity index (χ3v) is 3.79. The molecule has 2 bridgehead atoms. The number of rotatable bonds is 2. The average molecular weight is 266 g/mol. The summed E-state index contributed by atoms with van der Waals surface area (Å²) >= 11 is 0. The van der Waals surface area contributed by atoms with Crippen molar-refractivity contribution in [1.29, 1.82) is 0 Å². The molecule has 0 unspecified atom stereocenters. The summed E-state index contributed by atoms with van der Waals surface area (Å²) in [5, 5.41) is 2.58. The van der Waals surface area contributed by atoms with Crippen molar-refractivity contribution in [2.75, 3.05) is 5.32 Å². The van der Waals surface area contributed by atoms with E-state index >= 15 is 0 Å². The van der Waals surface area contributed by atoms with Gasteiger partial charge in [0.15, 0.2) is 0 Å². The zero-order valence-electron chi connectivity index (χ0n) is 11.4. The van der Waals surface area contributed by atoms with Gasteiger partial charge in [-0.05, 0) is 60.1 Å². The van der Waals surface area contributed by atoms with E-state index in [1.807, 2.05) is 24.3 Å². The minimum Gasteiger partial charge on any atom is -0.351 e. The molecule has 1 aliphatic carbocycles. The summed E-state index contributed by atoms with van der Waals surface area (Å²) in [7, 11) is 0. The molecule has 0 saturated heterocycles. The molecular formula is C17H18N2O. The minimum atomic E-state index is -0.534. The van der Waals surface area contributed by atoms with Gasteiger partial charge in [-0.2, -0.15) is 0 Å². The Morgan fingerprint density at radius 3 is 2.50 bits per heavy atom. The normalized spacial score (nSPS) is 13.6. The van der Waals surface area contributed by atoms with Crippen molar-refractivity contribution in [3.05, 3.63) is 53.6 Å². The molecule has 0 heterocycles. The topological polar surface area (TPSA) is 55.1 Å². The molecule has 0 aliphatic heterocycles. The maximum Gasteiger partial charge on any atom is 0.316 e. The number of primary amides is 1. The fourth-order valence-corrected chi connectivity index (χ4v) is 2.81. The number of aryl methyl sites for hydroxylation is 2. The van der Waals surface area contributed by atoms with Crippen LogP contribution in [0.1, 0.15) is 24.0 Å². The fourth-order valence-electron chi connectivity index (χ4n) is 2.81. The number of hydrogen-bond donors (Lipinski definition) is 2. The summed E-state index contributed by atoms with van der Waals surface area (Å²) in [6.45, 7) is 0. The molecule has 1 aliphatic rings. The maximum absolute atomic E-state index is 10.8. The second-order valence-corrected chi connectivity index (χ2v) is 5.27. The van der Waals surface area contributed by atoms with Gasteiger partial charge in [-0.15, -0.1) is 0 Å². The van der Waals surface area contributed by atoms with Gasteiger partial charge in [0.05, 0.1) is 0 Å². The van der Waals surface area contributed by atoms with Gasteiger partial charge in [0.25, 0.3) is 0 Å². The van der Waals surface area contributed by atoms with Crippen molar-refractivity contribution >= 4 is 11.7 Å². The van der Waals surface area contributed by atoms with Crippen molar-refractivity contribution < 1.29 is 4.79 Å². The number of benzene rings is 2. The van der Waals surface area contributed by atoms with Crippen LogP contribution in [0.2, 0.25) is 0 Å². The number of anilines is 1. The zero-order valence-corrected chi connectivity index (χ0v) is 11.4. The highest BCUT2D eigenvalue weighted by molar-refractivity contribution is 5.88. The summed E-state index contributed by atoms with van der Waals surface area (Å²) < 4.78 is 0. The van der Waals surface area contributed by atoms with Crippen molar-refractivity contribution in [3.8, 4) is 11.1 Å². The summed E-state index contributed by atoms with van der Waals surface area (Å²) in [5.74, 6) is 0. The Hall–Kier alpha value is -2.29. The minimum absolute atomic E-state index is 0.534. The van der Waals surface area contributed by atoms with Gasteiger partial charge in [-0.1, -0.05) is 30.3 Å². The van der Waals surface area contributed by atoms with E-state index in [4.69, 9.17) is 5.73 Å². The Bertz CT molecular complexity index is 632. The van der Waals surface area contributed by atoms with Gasteiger partial charge >= 0.3 is 6.03 Å². The molecule has 0 spiro atoms. The summed E-state index contributed by atoms with van der Waals surface area (Å²) in [6, 6.07) is 14.1. The molecule has 3 rings (SSSR count). The molecule has 2 aromatic carbocycles. The van der Waals surface area contributed by atoms with Gasteiger partial charge in [-0.3, -0.25) is 0 Å². The number of amides is 2. The average Bonchev–Trinajstić information content (AvgIpc) is 2.62. The number of nitrogens with two attached hydrogens (primary N) is 1. The van der Waals surface area contributed by atoms with Gasteiger partial charge in [-0.25, -0.2) is 4.79 Å². The smallest absolute Gasteiger partial charge is 0.316 e. The molecule has 3 nitrogen and oxygen atoms in total. The third kappa shape index (κ3) is 2.67. The zero-order chi connectivity index (χ0) is 13.9. The van der Waals surface area contributed by atoms with Crippen molar-refractivity contribution in [2.24, 2.45) is 5.73 Å². The highest BCUT2D eigenvalue weighted by Gasteiger charge is 2.10. The van der Waals surface area contributed by atoms with Crippen LogP contribution in [0.15, 0.2) is 42.5 Å². The molecule has 0 radical (unpaired) electrons. The van der Waals surface area contributed by atoms with E-state index < -0.39 is 6.03 Å². The molecule has 0 atom stereocenters. The van der Waals surface area contributed by atoms with E-state index in [1.165, 1.54) is 41.5 Å². The summed E-state index contributed by atoms with van der Waals surface area (Å²) in [4.78, 5) is 10.8. The largest absolute Gasteiger partial charge is 0.351 e. The lowest BCUT2D eigenvalue weighted by molar-refractivity contribution is 0.259. The second kappa shape index (κ2) is 5.37. The molecule has 20 heavy (non-hydrogen) atoms. The lowest BCUT2D eigenvalue weighted by Gasteiger charge is -2.10. The van der Waals surface area contributed by atoms with Crippen molar-refractivity contribution in [2.45, 2.75) is 25.7 Å². The number of carbonyl (C=O) groups excluding carboxylic acids is 1. The monoisotopic (exact) mass is 266 g/mol. The molecular weight excluding hydrogens is 248 g/mol. The Morgan fingerprint density at radius 2 is 1.75 bits per heavy atom. The molecule has 3 N–H and O–H groups in total. The first kappa shape index (κ1) is 12.7. The first-order valence-electron chi connectivity index (χ1n) is 7.01. The highest BCUT2D eigenvalue weighted by atomic mass is 16.2. The van der Waals surface area contributed by atoms with Gasteiger partial charge in [0.2, 0.25) is 0 Å². The molecule has 2 aromatic rings. The maximum atomic E-state index is 10.8. The van der Waals surface area contributed by atoms with Gasteiger partial charge < -0.3 is 11.1 Å². The molecule has 2 amide bonds. The van der Waals surface area contributed by atoms with Gasteiger partial charge in [0.1, 0.15) is 0 Å². The SMILES string of the molecule is NC(=O)Nc1ccc(-c2ccc3cc2CCCC3)cc1. The molecule has 0 fully saturated rings. The van der Waals surface area contributed by atoms with Crippen molar-refractivity contribution in [3.63, 3.8) is 0 Å². The van der Waals surface area contributed by atoms with E-state index in [-0.39, 0.29) is 0 Å².